The van der Waals surface area contributed by atoms with Crippen LogP contribution in [0.25, 0.3) is 0 Å². The molecule has 1 amide bonds. The Hall–Kier alpha value is -1.40. The summed E-state index contributed by atoms with van der Waals surface area (Å²) in [5.41, 5.74) is 0.672. The molecule has 0 aliphatic carbocycles. The number of hydrogen-bond acceptors (Lipinski definition) is 5. The molecule has 0 aromatic heterocycles. The molecule has 1 heterocycles. The van der Waals surface area contributed by atoms with Crippen molar-refractivity contribution in [2.24, 2.45) is 0 Å². The summed E-state index contributed by atoms with van der Waals surface area (Å²) in [5, 5.41) is 3.19. The number of amides is 1. The smallest absolute Gasteiger partial charge is 0.408 e. The maximum Gasteiger partial charge on any atom is 0.408 e. The molecule has 1 unspecified atom stereocenters. The third-order valence-corrected chi connectivity index (χ3v) is 4.65. The molecule has 1 aliphatic heterocycles. The van der Waals surface area contributed by atoms with Gasteiger partial charge in [-0.3, -0.25) is 0 Å². The number of rotatable bonds is 2. The highest BCUT2D eigenvalue weighted by Gasteiger charge is 2.27. The van der Waals surface area contributed by atoms with E-state index in [-0.39, 0.29) is 6.04 Å². The molecular formula is C16H20ClNO4S. The molecule has 1 atom stereocenters. The van der Waals surface area contributed by atoms with E-state index in [1.165, 1.54) is 7.11 Å². The van der Waals surface area contributed by atoms with Gasteiger partial charge in [-0.2, -0.15) is 0 Å². The number of methoxy groups -OCH3 is 1. The molecule has 1 aromatic rings. The normalized spacial score (nSPS) is 17.2. The molecule has 1 aliphatic rings. The van der Waals surface area contributed by atoms with Crippen LogP contribution in [0.3, 0.4) is 0 Å². The van der Waals surface area contributed by atoms with Crippen molar-refractivity contribution in [3.05, 3.63) is 28.3 Å². The van der Waals surface area contributed by atoms with Crippen LogP contribution in [-0.2, 0) is 9.47 Å². The minimum Gasteiger partial charge on any atom is -0.465 e. The van der Waals surface area contributed by atoms with Crippen molar-refractivity contribution in [3.8, 4) is 0 Å². The molecule has 0 saturated heterocycles. The number of alkyl carbamates (subject to hydrolysis) is 1. The van der Waals surface area contributed by atoms with Crippen LogP contribution in [0.1, 0.15) is 49.2 Å². The minimum atomic E-state index is -0.553. The molecule has 1 N–H and O–H groups in total. The van der Waals surface area contributed by atoms with Gasteiger partial charge in [0.15, 0.2) is 0 Å². The monoisotopic (exact) mass is 357 g/mol. The van der Waals surface area contributed by atoms with E-state index in [9.17, 15) is 9.59 Å². The molecule has 5 nitrogen and oxygen atoms in total. The molecular weight excluding hydrogens is 338 g/mol. The van der Waals surface area contributed by atoms with Gasteiger partial charge in [-0.1, -0.05) is 11.6 Å². The molecule has 0 bridgehead atoms. The van der Waals surface area contributed by atoms with Crippen LogP contribution in [0.5, 0.6) is 0 Å². The molecule has 23 heavy (non-hydrogen) atoms. The number of carbonyl (C=O) groups is 2. The largest absolute Gasteiger partial charge is 0.465 e. The quantitative estimate of drug-likeness (QED) is 0.804. The van der Waals surface area contributed by atoms with E-state index in [0.717, 1.165) is 22.6 Å². The van der Waals surface area contributed by atoms with Crippen molar-refractivity contribution >= 4 is 35.4 Å². The van der Waals surface area contributed by atoms with Crippen molar-refractivity contribution in [2.75, 3.05) is 12.9 Å². The van der Waals surface area contributed by atoms with Crippen LogP contribution in [-0.4, -0.2) is 30.5 Å². The van der Waals surface area contributed by atoms with E-state index in [1.54, 1.807) is 23.9 Å². The highest BCUT2D eigenvalue weighted by Crippen LogP contribution is 2.39. The summed E-state index contributed by atoms with van der Waals surface area (Å²) in [6.45, 7) is 5.45. The maximum atomic E-state index is 12.0. The van der Waals surface area contributed by atoms with E-state index >= 15 is 0 Å². The van der Waals surface area contributed by atoms with Crippen molar-refractivity contribution in [3.63, 3.8) is 0 Å². The molecule has 0 saturated carbocycles. The third-order valence-electron chi connectivity index (χ3n) is 3.24. The van der Waals surface area contributed by atoms with Gasteiger partial charge in [-0.15, -0.1) is 11.8 Å². The molecule has 1 aromatic carbocycles. The molecule has 7 heteroatoms. The highest BCUT2D eigenvalue weighted by atomic mass is 35.5. The van der Waals surface area contributed by atoms with Gasteiger partial charge in [0.25, 0.3) is 0 Å². The van der Waals surface area contributed by atoms with Crippen molar-refractivity contribution < 1.29 is 19.1 Å². The lowest BCUT2D eigenvalue weighted by molar-refractivity contribution is 0.0500. The lowest BCUT2D eigenvalue weighted by atomic mass is 10.0. The van der Waals surface area contributed by atoms with E-state index in [1.807, 2.05) is 20.8 Å². The van der Waals surface area contributed by atoms with Crippen LogP contribution in [0.2, 0.25) is 5.02 Å². The summed E-state index contributed by atoms with van der Waals surface area (Å²) in [6.07, 6.45) is 0.304. The zero-order chi connectivity index (χ0) is 17.2. The van der Waals surface area contributed by atoms with Gasteiger partial charge in [0.1, 0.15) is 5.60 Å². The summed E-state index contributed by atoms with van der Waals surface area (Å²) >= 11 is 7.81. The van der Waals surface area contributed by atoms with Crippen LogP contribution in [0, 0.1) is 0 Å². The van der Waals surface area contributed by atoms with Gasteiger partial charge < -0.3 is 14.8 Å². The Bertz CT molecular complexity index is 627. The molecule has 0 fully saturated rings. The Morgan fingerprint density at radius 3 is 2.65 bits per heavy atom. The van der Waals surface area contributed by atoms with E-state index in [2.05, 4.69) is 5.32 Å². The van der Waals surface area contributed by atoms with Crippen molar-refractivity contribution in [1.29, 1.82) is 0 Å². The Kier molecular flexibility index (Phi) is 5.47. The van der Waals surface area contributed by atoms with Crippen LogP contribution in [0.4, 0.5) is 4.79 Å². The first-order valence-corrected chi connectivity index (χ1v) is 8.61. The number of thioether (sulfide) groups is 1. The van der Waals surface area contributed by atoms with Gasteiger partial charge in [0.05, 0.1) is 23.7 Å². The number of esters is 1. The Balaban J connectivity index is 2.24. The predicted octanol–water partition coefficient (Wildman–Crippen LogP) is 4.19. The lowest BCUT2D eigenvalue weighted by Crippen LogP contribution is -2.36. The molecule has 2 rings (SSSR count). The number of carbonyl (C=O) groups excluding carboxylic acids is 2. The fourth-order valence-electron chi connectivity index (χ4n) is 2.27. The second kappa shape index (κ2) is 7.01. The van der Waals surface area contributed by atoms with Crippen LogP contribution >= 0.6 is 23.4 Å². The number of fused-ring (bicyclic) bond motifs is 1. The summed E-state index contributed by atoms with van der Waals surface area (Å²) in [5.74, 6) is 0.357. The van der Waals surface area contributed by atoms with E-state index < -0.39 is 17.7 Å². The summed E-state index contributed by atoms with van der Waals surface area (Å²) in [7, 11) is 1.32. The second-order valence-corrected chi connectivity index (χ2v) is 7.74. The summed E-state index contributed by atoms with van der Waals surface area (Å²) < 4.78 is 10.0. The van der Waals surface area contributed by atoms with E-state index in [0.29, 0.717) is 10.6 Å². The zero-order valence-corrected chi connectivity index (χ0v) is 15.1. The number of nitrogens with one attached hydrogen (secondary N) is 1. The number of hydrogen-bond donors (Lipinski definition) is 1. The summed E-state index contributed by atoms with van der Waals surface area (Å²) in [4.78, 5) is 24.6. The van der Waals surface area contributed by atoms with Crippen LogP contribution in [0.15, 0.2) is 17.0 Å². The predicted molar refractivity (Wildman–Crippen MR) is 90.2 cm³/mol. The first-order valence-electron chi connectivity index (χ1n) is 7.25. The topological polar surface area (TPSA) is 64.6 Å². The average molecular weight is 358 g/mol. The number of ether oxygens (including phenoxy) is 2. The number of halogens is 1. The zero-order valence-electron chi connectivity index (χ0n) is 13.6. The van der Waals surface area contributed by atoms with E-state index in [4.69, 9.17) is 21.1 Å². The summed E-state index contributed by atoms with van der Waals surface area (Å²) in [6, 6.07) is 3.25. The molecule has 126 valence electrons. The van der Waals surface area contributed by atoms with Gasteiger partial charge in [0.2, 0.25) is 0 Å². The van der Waals surface area contributed by atoms with Gasteiger partial charge >= 0.3 is 12.1 Å². The fourth-order valence-corrected chi connectivity index (χ4v) is 3.67. The van der Waals surface area contributed by atoms with Gasteiger partial charge in [-0.25, -0.2) is 9.59 Å². The Morgan fingerprint density at radius 1 is 1.35 bits per heavy atom. The van der Waals surface area contributed by atoms with Gasteiger partial charge in [-0.05, 0) is 44.9 Å². The average Bonchev–Trinajstić information content (AvgIpc) is 2.44. The van der Waals surface area contributed by atoms with Crippen molar-refractivity contribution in [2.45, 2.75) is 43.7 Å². The molecule has 0 radical (unpaired) electrons. The Morgan fingerprint density at radius 2 is 2.04 bits per heavy atom. The van der Waals surface area contributed by atoms with Gasteiger partial charge in [0, 0.05) is 10.6 Å². The first kappa shape index (κ1) is 17.9. The third kappa shape index (κ3) is 4.54. The highest BCUT2D eigenvalue weighted by molar-refractivity contribution is 7.99. The standard InChI is InChI=1S/C16H20ClNO4S/c1-16(2,3)22-15(20)18-12-5-6-23-13-8-9(14(19)21-4)11(17)7-10(12)13/h7-8,12H,5-6H2,1-4H3,(H,18,20). The Labute approximate surface area is 145 Å². The van der Waals surface area contributed by atoms with Crippen LogP contribution < -0.4 is 5.32 Å². The maximum absolute atomic E-state index is 12.0. The molecule has 0 spiro atoms. The first-order chi connectivity index (χ1) is 10.7. The fraction of sp³-hybridized carbons (Fsp3) is 0.500. The SMILES string of the molecule is COC(=O)c1cc2c(cc1Cl)C(NC(=O)OC(C)(C)C)CCS2. The lowest BCUT2D eigenvalue weighted by Gasteiger charge is -2.28. The second-order valence-electron chi connectivity index (χ2n) is 6.20. The number of benzene rings is 1. The minimum absolute atomic E-state index is 0.190. The van der Waals surface area contributed by atoms with Crippen molar-refractivity contribution in [1.82, 2.24) is 5.32 Å².